The van der Waals surface area contributed by atoms with Crippen molar-refractivity contribution in [2.24, 2.45) is 0 Å². The topological polar surface area (TPSA) is 39.2 Å². The summed E-state index contributed by atoms with van der Waals surface area (Å²) < 4.78 is 4.59. The first kappa shape index (κ1) is 7.73. The summed E-state index contributed by atoms with van der Waals surface area (Å²) in [4.78, 5) is 13.9. The van der Waals surface area contributed by atoms with Gasteiger partial charge in [-0.05, 0) is 29.7 Å². The van der Waals surface area contributed by atoms with Crippen LogP contribution in [0.15, 0.2) is 36.7 Å². The van der Waals surface area contributed by atoms with E-state index in [9.17, 15) is 4.79 Å². The number of aromatic nitrogens is 1. The minimum Gasteiger partial charge on any atom is -0.418 e. The molecule has 0 fully saturated rings. The van der Waals surface area contributed by atoms with E-state index in [0.29, 0.717) is 5.75 Å². The fourth-order valence-corrected chi connectivity index (χ4v) is 1.17. The van der Waals surface area contributed by atoms with Gasteiger partial charge in [-0.1, -0.05) is 0 Å². The molecule has 0 unspecified atom stereocenters. The highest BCUT2D eigenvalue weighted by Gasteiger charge is 1.96. The zero-order valence-corrected chi connectivity index (χ0v) is 6.73. The molecule has 0 aliphatic heterocycles. The van der Waals surface area contributed by atoms with E-state index >= 15 is 0 Å². The lowest BCUT2D eigenvalue weighted by Crippen LogP contribution is -1.87. The Morgan fingerprint density at radius 1 is 1.23 bits per heavy atom. The van der Waals surface area contributed by atoms with Gasteiger partial charge in [0.1, 0.15) is 5.75 Å². The molecule has 0 N–H and O–H groups in total. The van der Waals surface area contributed by atoms with Crippen molar-refractivity contribution >= 4 is 17.2 Å². The van der Waals surface area contributed by atoms with Gasteiger partial charge < -0.3 is 4.74 Å². The summed E-state index contributed by atoms with van der Waals surface area (Å²) in [6.45, 7) is 1.38. The van der Waals surface area contributed by atoms with E-state index < -0.39 is 0 Å². The van der Waals surface area contributed by atoms with Crippen molar-refractivity contribution in [3.05, 3.63) is 36.7 Å². The van der Waals surface area contributed by atoms with Crippen LogP contribution in [-0.2, 0) is 4.79 Å². The number of benzene rings is 1. The molecular weight excluding hydrogens is 166 g/mol. The zero-order valence-electron chi connectivity index (χ0n) is 6.73. The van der Waals surface area contributed by atoms with E-state index in [0.717, 1.165) is 10.8 Å². The van der Waals surface area contributed by atoms with E-state index in [-0.39, 0.29) is 0 Å². The second kappa shape index (κ2) is 3.23. The van der Waals surface area contributed by atoms with Gasteiger partial charge in [-0.25, -0.2) is 4.79 Å². The second-order valence-corrected chi connectivity index (χ2v) is 2.57. The summed E-state index contributed by atoms with van der Waals surface area (Å²) in [5, 5.41) is 2.00. The Hall–Kier alpha value is -1.90. The number of rotatable bonds is 2. The molecule has 1 aromatic carbocycles. The minimum atomic E-state index is 0.494. The van der Waals surface area contributed by atoms with Crippen LogP contribution < -0.4 is 4.74 Å². The van der Waals surface area contributed by atoms with Crippen LogP contribution in [0.25, 0.3) is 10.8 Å². The molecule has 0 amide bonds. The summed E-state index contributed by atoms with van der Waals surface area (Å²) in [5.41, 5.74) is 0. The highest BCUT2D eigenvalue weighted by molar-refractivity contribution is 5.83. The molecule has 0 spiro atoms. The van der Waals surface area contributed by atoms with Crippen molar-refractivity contribution in [1.82, 2.24) is 4.98 Å². The Labute approximate surface area is 75.0 Å². The standard InChI is InChI=1S/C10H6NO2/c12-7-13-10-2-1-9-6-11-4-3-8(9)5-10/h1-6H. The molecule has 0 saturated heterocycles. The van der Waals surface area contributed by atoms with Gasteiger partial charge in [0.2, 0.25) is 0 Å². The predicted molar refractivity (Wildman–Crippen MR) is 48.1 cm³/mol. The van der Waals surface area contributed by atoms with Gasteiger partial charge in [0.25, 0.3) is 0 Å². The predicted octanol–water partition coefficient (Wildman–Crippen LogP) is 1.68. The van der Waals surface area contributed by atoms with Crippen molar-refractivity contribution in [2.75, 3.05) is 0 Å². The summed E-state index contributed by atoms with van der Waals surface area (Å²) in [6, 6.07) is 7.17. The van der Waals surface area contributed by atoms with E-state index in [2.05, 4.69) is 9.72 Å². The molecular formula is C10H6NO2. The first-order valence-corrected chi connectivity index (χ1v) is 3.78. The molecule has 3 nitrogen and oxygen atoms in total. The molecule has 0 aliphatic rings. The molecule has 2 rings (SSSR count). The molecule has 1 radical (unpaired) electrons. The third kappa shape index (κ3) is 1.49. The summed E-state index contributed by atoms with van der Waals surface area (Å²) >= 11 is 0. The lowest BCUT2D eigenvalue weighted by atomic mass is 10.2. The number of carbonyl (C=O) groups excluding carboxylic acids is 1. The van der Waals surface area contributed by atoms with Gasteiger partial charge >= 0.3 is 6.47 Å². The largest absolute Gasteiger partial charge is 0.423 e. The van der Waals surface area contributed by atoms with Crippen LogP contribution in [0, 0.1) is 0 Å². The van der Waals surface area contributed by atoms with Crippen molar-refractivity contribution in [1.29, 1.82) is 0 Å². The molecule has 0 bridgehead atoms. The van der Waals surface area contributed by atoms with Crippen molar-refractivity contribution in [2.45, 2.75) is 0 Å². The SMILES string of the molecule is O=[C]Oc1ccc2cnccc2c1. The van der Waals surface area contributed by atoms with Gasteiger partial charge in [0.05, 0.1) is 0 Å². The van der Waals surface area contributed by atoms with Crippen LogP contribution in [0.2, 0.25) is 0 Å². The average molecular weight is 172 g/mol. The van der Waals surface area contributed by atoms with E-state index in [1.165, 1.54) is 6.47 Å². The quantitative estimate of drug-likeness (QED) is 0.691. The van der Waals surface area contributed by atoms with E-state index in [1.807, 2.05) is 12.1 Å². The Balaban J connectivity index is 2.55. The smallest absolute Gasteiger partial charge is 0.418 e. The van der Waals surface area contributed by atoms with E-state index in [4.69, 9.17) is 0 Å². The third-order valence-electron chi connectivity index (χ3n) is 1.77. The normalized spacial score (nSPS) is 9.85. The maximum Gasteiger partial charge on any atom is 0.423 e. The third-order valence-corrected chi connectivity index (χ3v) is 1.77. The molecule has 0 atom stereocenters. The number of hydrogen-bond donors (Lipinski definition) is 0. The van der Waals surface area contributed by atoms with Crippen molar-refractivity contribution < 1.29 is 9.53 Å². The van der Waals surface area contributed by atoms with Crippen molar-refractivity contribution in [3.8, 4) is 5.75 Å². The maximum atomic E-state index is 9.95. The Morgan fingerprint density at radius 2 is 2.15 bits per heavy atom. The number of hydrogen-bond acceptors (Lipinski definition) is 3. The fourth-order valence-electron chi connectivity index (χ4n) is 1.17. The van der Waals surface area contributed by atoms with Gasteiger partial charge in [0, 0.05) is 17.8 Å². The lowest BCUT2D eigenvalue weighted by Gasteiger charge is -1.98. The number of pyridine rings is 1. The Morgan fingerprint density at radius 3 is 3.00 bits per heavy atom. The van der Waals surface area contributed by atoms with Crippen LogP contribution >= 0.6 is 0 Å². The average Bonchev–Trinajstić information content (AvgIpc) is 2.18. The van der Waals surface area contributed by atoms with Gasteiger partial charge in [0.15, 0.2) is 0 Å². The monoisotopic (exact) mass is 172 g/mol. The first-order valence-electron chi connectivity index (χ1n) is 3.78. The Bertz CT molecular complexity index is 440. The minimum absolute atomic E-state index is 0.494. The zero-order chi connectivity index (χ0) is 9.10. The number of fused-ring (bicyclic) bond motifs is 1. The van der Waals surface area contributed by atoms with Gasteiger partial charge in [-0.15, -0.1) is 0 Å². The molecule has 2 aromatic rings. The van der Waals surface area contributed by atoms with Gasteiger partial charge in [-0.2, -0.15) is 0 Å². The summed E-state index contributed by atoms with van der Waals surface area (Å²) in [7, 11) is 0. The summed E-state index contributed by atoms with van der Waals surface area (Å²) in [6.07, 6.45) is 3.44. The first-order chi connectivity index (χ1) is 6.40. The van der Waals surface area contributed by atoms with Crippen LogP contribution in [0.3, 0.4) is 0 Å². The molecule has 3 heteroatoms. The van der Waals surface area contributed by atoms with Crippen LogP contribution in [0.1, 0.15) is 0 Å². The molecule has 1 aromatic heterocycles. The second-order valence-electron chi connectivity index (χ2n) is 2.57. The Kier molecular flexibility index (Phi) is 1.92. The number of ether oxygens (including phenoxy) is 1. The highest BCUT2D eigenvalue weighted by Crippen LogP contribution is 2.18. The molecule has 63 valence electrons. The highest BCUT2D eigenvalue weighted by atomic mass is 16.5. The fraction of sp³-hybridized carbons (Fsp3) is 0. The molecule has 0 aliphatic carbocycles. The molecule has 13 heavy (non-hydrogen) atoms. The van der Waals surface area contributed by atoms with Gasteiger partial charge in [-0.3, -0.25) is 4.98 Å². The van der Waals surface area contributed by atoms with Crippen molar-refractivity contribution in [3.63, 3.8) is 0 Å². The maximum absolute atomic E-state index is 9.95. The van der Waals surface area contributed by atoms with E-state index in [1.54, 1.807) is 24.5 Å². The molecule has 1 heterocycles. The summed E-state index contributed by atoms with van der Waals surface area (Å²) in [5.74, 6) is 0.494. The van der Waals surface area contributed by atoms with Crippen LogP contribution in [-0.4, -0.2) is 11.5 Å². The lowest BCUT2D eigenvalue weighted by molar-refractivity contribution is 0.443. The van der Waals surface area contributed by atoms with Crippen LogP contribution in [0.4, 0.5) is 0 Å². The molecule has 0 saturated carbocycles. The van der Waals surface area contributed by atoms with Crippen LogP contribution in [0.5, 0.6) is 5.75 Å². The number of nitrogens with zero attached hydrogens (tertiary/aromatic N) is 1.